The van der Waals surface area contributed by atoms with Crippen molar-refractivity contribution in [1.82, 2.24) is 29.3 Å². The fourth-order valence-corrected chi connectivity index (χ4v) is 3.61. The highest BCUT2D eigenvalue weighted by Crippen LogP contribution is 2.29. The van der Waals surface area contributed by atoms with Crippen molar-refractivity contribution in [3.05, 3.63) is 60.2 Å². The summed E-state index contributed by atoms with van der Waals surface area (Å²) in [4.78, 5) is 18.1. The van der Waals surface area contributed by atoms with Crippen LogP contribution < -0.4 is 0 Å². The van der Waals surface area contributed by atoms with Crippen molar-refractivity contribution in [3.8, 4) is 22.5 Å². The van der Waals surface area contributed by atoms with E-state index in [4.69, 9.17) is 4.98 Å². The van der Waals surface area contributed by atoms with Gasteiger partial charge in [-0.2, -0.15) is 10.2 Å². The summed E-state index contributed by atoms with van der Waals surface area (Å²) in [6.45, 7) is 8.02. The molecule has 0 radical (unpaired) electrons. The van der Waals surface area contributed by atoms with E-state index < -0.39 is 11.6 Å². The zero-order valence-corrected chi connectivity index (χ0v) is 18.4. The van der Waals surface area contributed by atoms with Crippen molar-refractivity contribution in [1.29, 1.82) is 0 Å². The minimum atomic E-state index is -0.928. The second-order valence-electron chi connectivity index (χ2n) is 8.72. The molecule has 160 valence electrons. The number of rotatable bonds is 4. The van der Waals surface area contributed by atoms with Crippen LogP contribution in [0.2, 0.25) is 0 Å². The lowest BCUT2D eigenvalue weighted by Gasteiger charge is -2.33. The lowest BCUT2D eigenvalue weighted by atomic mass is 10.00. The van der Waals surface area contributed by atoms with Gasteiger partial charge in [-0.05, 0) is 51.0 Å². The number of hydrogen-bond donors (Lipinski definition) is 1. The molecule has 0 aliphatic heterocycles. The number of fused-ring (bicyclic) bond motifs is 1. The van der Waals surface area contributed by atoms with Crippen molar-refractivity contribution in [2.45, 2.75) is 39.8 Å². The lowest BCUT2D eigenvalue weighted by Crippen LogP contribution is -2.44. The fraction of sp³-hybridized carbons (Fsp3) is 0.304. The fourth-order valence-electron chi connectivity index (χ4n) is 3.61. The van der Waals surface area contributed by atoms with Gasteiger partial charge in [0.2, 0.25) is 0 Å². The average Bonchev–Trinajstić information content (AvgIpc) is 3.33. The van der Waals surface area contributed by atoms with E-state index in [9.17, 15) is 9.90 Å². The van der Waals surface area contributed by atoms with Gasteiger partial charge in [-0.1, -0.05) is 12.1 Å². The van der Waals surface area contributed by atoms with Gasteiger partial charge in [0, 0.05) is 36.5 Å². The zero-order chi connectivity index (χ0) is 22.3. The van der Waals surface area contributed by atoms with Gasteiger partial charge in [-0.15, -0.1) is 0 Å². The van der Waals surface area contributed by atoms with E-state index in [2.05, 4.69) is 16.3 Å². The minimum Gasteiger partial charge on any atom is -0.465 e. The molecule has 0 bridgehead atoms. The average molecular weight is 419 g/mol. The Hall–Kier alpha value is -3.68. The van der Waals surface area contributed by atoms with Crippen LogP contribution in [0.25, 0.3) is 28.0 Å². The number of aromatic nitrogens is 5. The molecule has 1 amide bonds. The first-order valence-electron chi connectivity index (χ1n) is 10.1. The Balaban J connectivity index is 1.76. The summed E-state index contributed by atoms with van der Waals surface area (Å²) >= 11 is 0. The van der Waals surface area contributed by atoms with Gasteiger partial charge in [0.05, 0.1) is 35.5 Å². The first-order valence-corrected chi connectivity index (χ1v) is 10.1. The van der Waals surface area contributed by atoms with E-state index in [1.807, 2.05) is 69.9 Å². The van der Waals surface area contributed by atoms with Gasteiger partial charge >= 0.3 is 6.09 Å². The van der Waals surface area contributed by atoms with Gasteiger partial charge in [0.1, 0.15) is 0 Å². The number of hydrogen-bond acceptors (Lipinski definition) is 4. The van der Waals surface area contributed by atoms with Crippen molar-refractivity contribution in [2.75, 3.05) is 0 Å². The lowest BCUT2D eigenvalue weighted by molar-refractivity contribution is 0.0954. The van der Waals surface area contributed by atoms with Crippen molar-refractivity contribution < 1.29 is 9.90 Å². The normalized spacial score (nSPS) is 11.8. The van der Waals surface area contributed by atoms with Crippen LogP contribution in [0.5, 0.6) is 0 Å². The highest BCUT2D eigenvalue weighted by atomic mass is 16.4. The molecule has 0 spiro atoms. The molecule has 0 aliphatic rings. The summed E-state index contributed by atoms with van der Waals surface area (Å²) in [7, 11) is 1.87. The van der Waals surface area contributed by atoms with Crippen LogP contribution in [-0.4, -0.2) is 46.0 Å². The van der Waals surface area contributed by atoms with Crippen LogP contribution in [0.4, 0.5) is 4.79 Å². The number of aryl methyl sites for hydroxylation is 2. The van der Waals surface area contributed by atoms with E-state index in [1.165, 1.54) is 4.90 Å². The largest absolute Gasteiger partial charge is 0.465 e. The number of nitrogens with zero attached hydrogens (tertiary/aromatic N) is 6. The second-order valence-corrected chi connectivity index (χ2v) is 8.72. The van der Waals surface area contributed by atoms with Crippen molar-refractivity contribution >= 4 is 11.6 Å². The smallest absolute Gasteiger partial charge is 0.408 e. The third-order valence-electron chi connectivity index (χ3n) is 5.38. The Bertz CT molecular complexity index is 1260. The highest BCUT2D eigenvalue weighted by molar-refractivity contribution is 5.79. The van der Waals surface area contributed by atoms with Crippen LogP contribution in [0.1, 0.15) is 31.9 Å². The van der Waals surface area contributed by atoms with Crippen LogP contribution in [0, 0.1) is 6.92 Å². The summed E-state index contributed by atoms with van der Waals surface area (Å²) in [5, 5.41) is 18.3. The molecule has 0 fully saturated rings. The molecule has 1 N–H and O–H groups in total. The maximum Gasteiger partial charge on any atom is 0.408 e. The molecular weight excluding hydrogens is 392 g/mol. The summed E-state index contributed by atoms with van der Waals surface area (Å²) in [6, 6.07) is 7.97. The van der Waals surface area contributed by atoms with E-state index in [0.29, 0.717) is 6.54 Å². The Kier molecular flexibility index (Phi) is 5.00. The predicted molar refractivity (Wildman–Crippen MR) is 119 cm³/mol. The molecule has 3 aromatic heterocycles. The molecule has 1 aromatic carbocycles. The molecule has 8 nitrogen and oxygen atoms in total. The number of benzene rings is 1. The van der Waals surface area contributed by atoms with Crippen LogP contribution in [-0.2, 0) is 13.6 Å². The third kappa shape index (κ3) is 4.01. The monoisotopic (exact) mass is 418 g/mol. The number of amides is 1. The maximum atomic E-state index is 11.7. The molecule has 31 heavy (non-hydrogen) atoms. The van der Waals surface area contributed by atoms with E-state index in [1.54, 1.807) is 17.1 Å². The molecule has 4 rings (SSSR count). The number of carboxylic acid groups (broad SMARTS) is 1. The Morgan fingerprint density at radius 3 is 2.52 bits per heavy atom. The molecule has 4 aromatic rings. The van der Waals surface area contributed by atoms with Gasteiger partial charge < -0.3 is 5.11 Å². The zero-order valence-electron chi connectivity index (χ0n) is 18.4. The van der Waals surface area contributed by atoms with E-state index in [0.717, 1.165) is 39.2 Å². The predicted octanol–water partition coefficient (Wildman–Crippen LogP) is 4.38. The van der Waals surface area contributed by atoms with Crippen LogP contribution >= 0.6 is 0 Å². The van der Waals surface area contributed by atoms with Gasteiger partial charge in [0.15, 0.2) is 0 Å². The summed E-state index contributed by atoms with van der Waals surface area (Å²) in [5.41, 5.74) is 5.87. The molecular formula is C23H26N6O2. The molecule has 8 heteroatoms. The molecule has 0 saturated heterocycles. The maximum absolute atomic E-state index is 11.7. The highest BCUT2D eigenvalue weighted by Gasteiger charge is 2.26. The minimum absolute atomic E-state index is 0.330. The Labute approximate surface area is 180 Å². The van der Waals surface area contributed by atoms with Crippen LogP contribution in [0.3, 0.4) is 0 Å². The molecule has 0 atom stereocenters. The first-order chi connectivity index (χ1) is 14.6. The summed E-state index contributed by atoms with van der Waals surface area (Å²) < 4.78 is 3.56. The Morgan fingerprint density at radius 1 is 1.13 bits per heavy atom. The van der Waals surface area contributed by atoms with Gasteiger partial charge in [-0.25, -0.2) is 14.3 Å². The van der Waals surface area contributed by atoms with E-state index >= 15 is 0 Å². The van der Waals surface area contributed by atoms with Crippen molar-refractivity contribution in [2.24, 2.45) is 7.05 Å². The summed E-state index contributed by atoms with van der Waals surface area (Å²) in [6.07, 6.45) is 6.42. The topological polar surface area (TPSA) is 88.6 Å². The van der Waals surface area contributed by atoms with E-state index in [-0.39, 0.29) is 0 Å². The second kappa shape index (κ2) is 7.54. The van der Waals surface area contributed by atoms with Gasteiger partial charge in [-0.3, -0.25) is 9.58 Å². The molecule has 3 heterocycles. The third-order valence-corrected chi connectivity index (χ3v) is 5.38. The first kappa shape index (κ1) is 20.6. The molecule has 0 aliphatic carbocycles. The van der Waals surface area contributed by atoms with Crippen LogP contribution in [0.15, 0.2) is 49.1 Å². The molecule has 0 unspecified atom stereocenters. The quantitative estimate of drug-likeness (QED) is 0.531. The SMILES string of the molecule is Cc1cc(-c2nc(-c3cnn(C)c3)cn3nccc23)ccc1CN(C(=O)O)C(C)(C)C. The molecule has 0 saturated carbocycles. The Morgan fingerprint density at radius 2 is 1.90 bits per heavy atom. The summed E-state index contributed by atoms with van der Waals surface area (Å²) in [5.74, 6) is 0. The standard InChI is InChI=1S/C23H26N6O2/c1-15-10-16(6-7-17(15)13-28(22(30)31)23(2,3)4)21-20-8-9-24-29(20)14-19(26-21)18-11-25-27(5)12-18/h6-12,14H,13H2,1-5H3,(H,30,31). The van der Waals surface area contributed by atoms with Gasteiger partial charge in [0.25, 0.3) is 0 Å². The number of carbonyl (C=O) groups is 1. The van der Waals surface area contributed by atoms with Crippen molar-refractivity contribution in [3.63, 3.8) is 0 Å².